The van der Waals surface area contributed by atoms with Crippen molar-refractivity contribution >= 4 is 17.6 Å². The summed E-state index contributed by atoms with van der Waals surface area (Å²) in [5.41, 5.74) is 0.873. The lowest BCUT2D eigenvalue weighted by Crippen LogP contribution is -2.46. The Morgan fingerprint density at radius 1 is 1.12 bits per heavy atom. The van der Waals surface area contributed by atoms with Crippen LogP contribution in [-0.2, 0) is 9.59 Å². The molecule has 136 valence electrons. The van der Waals surface area contributed by atoms with Crippen LogP contribution in [0.2, 0.25) is 0 Å². The quantitative estimate of drug-likeness (QED) is 0.909. The Morgan fingerprint density at radius 2 is 1.88 bits per heavy atom. The second kappa shape index (κ2) is 8.43. The molecule has 1 atom stereocenters. The SMILES string of the molecule is Cc1cccc(NC(=O)[C@@H]2CCCN2CC(=O)N2CCCCCC2)n1. The van der Waals surface area contributed by atoms with E-state index in [4.69, 9.17) is 0 Å². The summed E-state index contributed by atoms with van der Waals surface area (Å²) in [5.74, 6) is 0.685. The van der Waals surface area contributed by atoms with Crippen molar-refractivity contribution in [3.05, 3.63) is 23.9 Å². The second-order valence-electron chi connectivity index (χ2n) is 7.08. The monoisotopic (exact) mass is 344 g/mol. The fraction of sp³-hybridized carbons (Fsp3) is 0.632. The minimum atomic E-state index is -0.238. The Morgan fingerprint density at radius 3 is 2.60 bits per heavy atom. The number of carbonyl (C=O) groups excluding carboxylic acids is 2. The van der Waals surface area contributed by atoms with Gasteiger partial charge in [-0.25, -0.2) is 4.98 Å². The molecule has 1 aromatic heterocycles. The smallest absolute Gasteiger partial charge is 0.242 e. The molecule has 2 amide bonds. The van der Waals surface area contributed by atoms with Gasteiger partial charge >= 0.3 is 0 Å². The van der Waals surface area contributed by atoms with E-state index in [0.29, 0.717) is 12.4 Å². The van der Waals surface area contributed by atoms with Gasteiger partial charge in [0.15, 0.2) is 0 Å². The molecule has 0 unspecified atom stereocenters. The van der Waals surface area contributed by atoms with Gasteiger partial charge in [-0.1, -0.05) is 18.9 Å². The van der Waals surface area contributed by atoms with Crippen molar-refractivity contribution in [1.29, 1.82) is 0 Å². The van der Waals surface area contributed by atoms with Crippen LogP contribution >= 0.6 is 0 Å². The number of hydrogen-bond donors (Lipinski definition) is 1. The molecule has 0 spiro atoms. The highest BCUT2D eigenvalue weighted by Crippen LogP contribution is 2.19. The van der Waals surface area contributed by atoms with Gasteiger partial charge in [0, 0.05) is 18.8 Å². The molecule has 2 fully saturated rings. The summed E-state index contributed by atoms with van der Waals surface area (Å²) >= 11 is 0. The number of carbonyl (C=O) groups is 2. The van der Waals surface area contributed by atoms with Crippen molar-refractivity contribution in [3.63, 3.8) is 0 Å². The van der Waals surface area contributed by atoms with E-state index in [2.05, 4.69) is 10.3 Å². The number of hydrogen-bond acceptors (Lipinski definition) is 4. The summed E-state index contributed by atoms with van der Waals surface area (Å²) in [4.78, 5) is 33.6. The molecule has 25 heavy (non-hydrogen) atoms. The third-order valence-corrected chi connectivity index (χ3v) is 5.10. The number of pyridine rings is 1. The molecule has 0 aromatic carbocycles. The van der Waals surface area contributed by atoms with Crippen molar-refractivity contribution in [1.82, 2.24) is 14.8 Å². The maximum atomic E-state index is 12.6. The Hall–Kier alpha value is -1.95. The number of amides is 2. The number of aryl methyl sites for hydroxylation is 1. The standard InChI is InChI=1S/C19H28N4O2/c1-15-8-6-10-17(20-15)21-19(25)16-9-7-13-23(16)14-18(24)22-11-4-2-3-5-12-22/h6,8,10,16H,2-5,7,9,11-14H2,1H3,(H,20,21,25)/t16-/m0/s1. The summed E-state index contributed by atoms with van der Waals surface area (Å²) in [6.07, 6.45) is 6.35. The Balaban J connectivity index is 1.57. The summed E-state index contributed by atoms with van der Waals surface area (Å²) in [6, 6.07) is 5.34. The molecule has 0 aliphatic carbocycles. The molecule has 6 heteroatoms. The van der Waals surface area contributed by atoms with Crippen LogP contribution in [0.15, 0.2) is 18.2 Å². The van der Waals surface area contributed by atoms with E-state index in [1.165, 1.54) is 12.8 Å². The first-order valence-corrected chi connectivity index (χ1v) is 9.40. The Kier molecular flexibility index (Phi) is 6.02. The van der Waals surface area contributed by atoms with Crippen LogP contribution in [0.3, 0.4) is 0 Å². The van der Waals surface area contributed by atoms with Crippen molar-refractivity contribution in [2.45, 2.75) is 51.5 Å². The predicted octanol–water partition coefficient (Wildman–Crippen LogP) is 2.20. The number of nitrogens with zero attached hydrogens (tertiary/aromatic N) is 3. The van der Waals surface area contributed by atoms with Gasteiger partial charge < -0.3 is 10.2 Å². The lowest BCUT2D eigenvalue weighted by Gasteiger charge is -2.27. The van der Waals surface area contributed by atoms with Gasteiger partial charge in [0.05, 0.1) is 12.6 Å². The molecule has 3 rings (SSSR count). The summed E-state index contributed by atoms with van der Waals surface area (Å²) in [7, 11) is 0. The fourth-order valence-electron chi connectivity index (χ4n) is 3.73. The van der Waals surface area contributed by atoms with E-state index in [9.17, 15) is 9.59 Å². The first-order valence-electron chi connectivity index (χ1n) is 9.40. The van der Waals surface area contributed by atoms with Crippen LogP contribution in [0.1, 0.15) is 44.2 Å². The molecule has 1 aromatic rings. The topological polar surface area (TPSA) is 65.5 Å². The molecule has 1 N–H and O–H groups in total. The number of aromatic nitrogens is 1. The lowest BCUT2D eigenvalue weighted by molar-refractivity contribution is -0.133. The van der Waals surface area contributed by atoms with Crippen LogP contribution < -0.4 is 5.32 Å². The number of nitrogens with one attached hydrogen (secondary N) is 1. The van der Waals surface area contributed by atoms with Crippen LogP contribution in [0.4, 0.5) is 5.82 Å². The average molecular weight is 344 g/mol. The van der Waals surface area contributed by atoms with E-state index in [-0.39, 0.29) is 17.9 Å². The highest BCUT2D eigenvalue weighted by atomic mass is 16.2. The van der Waals surface area contributed by atoms with Gasteiger partial charge in [0.2, 0.25) is 11.8 Å². The molecule has 2 saturated heterocycles. The van der Waals surface area contributed by atoms with E-state index in [1.54, 1.807) is 6.07 Å². The van der Waals surface area contributed by atoms with Crippen LogP contribution in [-0.4, -0.2) is 58.8 Å². The lowest BCUT2D eigenvalue weighted by atomic mass is 10.2. The van der Waals surface area contributed by atoms with Gasteiger partial charge in [0.25, 0.3) is 0 Å². The largest absolute Gasteiger partial charge is 0.342 e. The van der Waals surface area contributed by atoms with Gasteiger partial charge in [-0.15, -0.1) is 0 Å². The van der Waals surface area contributed by atoms with Crippen molar-refractivity contribution < 1.29 is 9.59 Å². The maximum absolute atomic E-state index is 12.6. The summed E-state index contributed by atoms with van der Waals surface area (Å²) in [5, 5.41) is 2.90. The zero-order valence-electron chi connectivity index (χ0n) is 15.0. The zero-order valence-corrected chi connectivity index (χ0v) is 15.0. The van der Waals surface area contributed by atoms with E-state index in [0.717, 1.165) is 51.0 Å². The second-order valence-corrected chi connectivity index (χ2v) is 7.08. The van der Waals surface area contributed by atoms with Crippen LogP contribution in [0.5, 0.6) is 0 Å². The predicted molar refractivity (Wildman–Crippen MR) is 97.2 cm³/mol. The first-order chi connectivity index (χ1) is 12.1. The van der Waals surface area contributed by atoms with Crippen molar-refractivity contribution in [2.24, 2.45) is 0 Å². The molecule has 0 saturated carbocycles. The molecule has 2 aliphatic rings. The molecular weight excluding hydrogens is 316 g/mol. The van der Waals surface area contributed by atoms with E-state index < -0.39 is 0 Å². The van der Waals surface area contributed by atoms with E-state index >= 15 is 0 Å². The fourth-order valence-corrected chi connectivity index (χ4v) is 3.73. The molecule has 3 heterocycles. The van der Waals surface area contributed by atoms with Gasteiger partial charge in [0.1, 0.15) is 5.82 Å². The Labute approximate surface area is 149 Å². The van der Waals surface area contributed by atoms with Gasteiger partial charge in [-0.05, 0) is 51.3 Å². The van der Waals surface area contributed by atoms with Gasteiger partial charge in [-0.3, -0.25) is 14.5 Å². The number of rotatable bonds is 4. The van der Waals surface area contributed by atoms with Gasteiger partial charge in [-0.2, -0.15) is 0 Å². The zero-order chi connectivity index (χ0) is 17.6. The number of likely N-dealkylation sites (tertiary alicyclic amines) is 2. The first kappa shape index (κ1) is 17.9. The minimum absolute atomic E-state index is 0.0562. The summed E-state index contributed by atoms with van der Waals surface area (Å²) in [6.45, 7) is 4.77. The van der Waals surface area contributed by atoms with Crippen molar-refractivity contribution in [2.75, 3.05) is 31.5 Å². The van der Waals surface area contributed by atoms with E-state index in [1.807, 2.05) is 28.9 Å². The molecular formula is C19H28N4O2. The third kappa shape index (κ3) is 4.78. The highest BCUT2D eigenvalue weighted by molar-refractivity contribution is 5.94. The minimum Gasteiger partial charge on any atom is -0.342 e. The Bertz CT molecular complexity index is 611. The third-order valence-electron chi connectivity index (χ3n) is 5.10. The molecule has 2 aliphatic heterocycles. The van der Waals surface area contributed by atoms with Crippen LogP contribution in [0.25, 0.3) is 0 Å². The summed E-state index contributed by atoms with van der Waals surface area (Å²) < 4.78 is 0. The number of anilines is 1. The highest BCUT2D eigenvalue weighted by Gasteiger charge is 2.33. The van der Waals surface area contributed by atoms with Crippen molar-refractivity contribution in [3.8, 4) is 0 Å². The molecule has 6 nitrogen and oxygen atoms in total. The average Bonchev–Trinajstić information content (AvgIpc) is 2.87. The molecule has 0 radical (unpaired) electrons. The molecule has 0 bridgehead atoms. The van der Waals surface area contributed by atoms with Crippen LogP contribution in [0, 0.1) is 6.92 Å². The normalized spacial score (nSPS) is 21.8. The maximum Gasteiger partial charge on any atom is 0.242 e.